The lowest BCUT2D eigenvalue weighted by Gasteiger charge is -2.10. The zero-order valence-corrected chi connectivity index (χ0v) is 11.0. The number of benzene rings is 1. The fourth-order valence-corrected chi connectivity index (χ4v) is 2.12. The molecule has 0 spiro atoms. The van der Waals surface area contributed by atoms with Crippen LogP contribution < -0.4 is 0 Å². The van der Waals surface area contributed by atoms with E-state index in [9.17, 15) is 4.39 Å². The second-order valence-corrected chi connectivity index (χ2v) is 4.71. The summed E-state index contributed by atoms with van der Waals surface area (Å²) in [6, 6.07) is 2.79. The van der Waals surface area contributed by atoms with Crippen LogP contribution in [0.15, 0.2) is 18.3 Å². The zero-order valence-electron chi connectivity index (χ0n) is 9.47. The third kappa shape index (κ3) is 2.45. The van der Waals surface area contributed by atoms with Crippen LogP contribution in [0.1, 0.15) is 17.1 Å². The monoisotopic (exact) mass is 272 g/mol. The Morgan fingerprint density at radius 3 is 2.53 bits per heavy atom. The molecule has 2 nitrogen and oxygen atoms in total. The molecule has 0 aliphatic heterocycles. The quantitative estimate of drug-likeness (QED) is 0.756. The van der Waals surface area contributed by atoms with Crippen LogP contribution in [0.25, 0.3) is 0 Å². The second-order valence-electron chi connectivity index (χ2n) is 3.89. The van der Waals surface area contributed by atoms with Gasteiger partial charge in [0, 0.05) is 16.9 Å². The molecular weight excluding hydrogens is 262 g/mol. The molecule has 0 bridgehead atoms. The number of hydrogen-bond acceptors (Lipinski definition) is 1. The molecule has 0 radical (unpaired) electrons. The van der Waals surface area contributed by atoms with Crippen LogP contribution in [0.5, 0.6) is 0 Å². The summed E-state index contributed by atoms with van der Waals surface area (Å²) in [6.07, 6.45) is 1.77. The largest absolute Gasteiger partial charge is 0.328 e. The molecule has 0 saturated carbocycles. The molecule has 90 valence electrons. The van der Waals surface area contributed by atoms with Crippen LogP contribution in [-0.2, 0) is 6.54 Å². The van der Waals surface area contributed by atoms with Gasteiger partial charge < -0.3 is 4.57 Å². The van der Waals surface area contributed by atoms with Gasteiger partial charge in [-0.3, -0.25) is 0 Å². The SMILES string of the molecule is Cc1cnc(C)n1Cc1cc(F)c(Cl)cc1Cl. The Balaban J connectivity index is 2.40. The Morgan fingerprint density at radius 2 is 1.94 bits per heavy atom. The average molecular weight is 273 g/mol. The highest BCUT2D eigenvalue weighted by molar-refractivity contribution is 6.35. The molecule has 2 rings (SSSR count). The highest BCUT2D eigenvalue weighted by atomic mass is 35.5. The van der Waals surface area contributed by atoms with Crippen molar-refractivity contribution in [2.45, 2.75) is 20.4 Å². The van der Waals surface area contributed by atoms with Gasteiger partial charge in [0.05, 0.1) is 11.6 Å². The van der Waals surface area contributed by atoms with Crippen LogP contribution in [0.3, 0.4) is 0 Å². The van der Waals surface area contributed by atoms with Gasteiger partial charge in [0.1, 0.15) is 11.6 Å². The van der Waals surface area contributed by atoms with E-state index >= 15 is 0 Å². The Bertz CT molecular complexity index is 544. The van der Waals surface area contributed by atoms with Crippen molar-refractivity contribution in [1.82, 2.24) is 9.55 Å². The topological polar surface area (TPSA) is 17.8 Å². The summed E-state index contributed by atoms with van der Waals surface area (Å²) in [5.41, 5.74) is 1.70. The first kappa shape index (κ1) is 12.4. The maximum Gasteiger partial charge on any atom is 0.142 e. The lowest BCUT2D eigenvalue weighted by Crippen LogP contribution is -2.05. The van der Waals surface area contributed by atoms with Gasteiger partial charge in [-0.05, 0) is 31.5 Å². The van der Waals surface area contributed by atoms with E-state index in [4.69, 9.17) is 23.2 Å². The van der Waals surface area contributed by atoms with Gasteiger partial charge in [0.15, 0.2) is 0 Å². The third-order valence-corrected chi connectivity index (χ3v) is 3.31. The maximum absolute atomic E-state index is 13.4. The molecule has 0 N–H and O–H groups in total. The molecule has 1 heterocycles. The van der Waals surface area contributed by atoms with Crippen LogP contribution in [0.4, 0.5) is 4.39 Å². The van der Waals surface area contributed by atoms with Gasteiger partial charge >= 0.3 is 0 Å². The van der Waals surface area contributed by atoms with E-state index in [0.717, 1.165) is 11.5 Å². The fraction of sp³-hybridized carbons (Fsp3) is 0.250. The molecule has 2 aromatic rings. The molecule has 0 atom stereocenters. The average Bonchev–Trinajstić information content (AvgIpc) is 2.57. The Kier molecular flexibility index (Phi) is 3.40. The first-order valence-corrected chi connectivity index (χ1v) is 5.87. The van der Waals surface area contributed by atoms with Gasteiger partial charge in [0.25, 0.3) is 0 Å². The molecule has 0 aliphatic rings. The minimum atomic E-state index is -0.457. The molecule has 0 fully saturated rings. The van der Waals surface area contributed by atoms with Crippen molar-refractivity contribution in [2.24, 2.45) is 0 Å². The summed E-state index contributed by atoms with van der Waals surface area (Å²) in [4.78, 5) is 4.18. The van der Waals surface area contributed by atoms with Crippen LogP contribution >= 0.6 is 23.2 Å². The lowest BCUT2D eigenvalue weighted by atomic mass is 10.2. The lowest BCUT2D eigenvalue weighted by molar-refractivity contribution is 0.622. The van der Waals surface area contributed by atoms with Crippen LogP contribution in [-0.4, -0.2) is 9.55 Å². The van der Waals surface area contributed by atoms with E-state index in [1.165, 1.54) is 12.1 Å². The second kappa shape index (κ2) is 4.67. The number of hydrogen-bond donors (Lipinski definition) is 0. The Hall–Kier alpha value is -1.06. The smallest absolute Gasteiger partial charge is 0.142 e. The first-order chi connectivity index (χ1) is 7.99. The fourth-order valence-electron chi connectivity index (χ4n) is 1.68. The molecular formula is C12H11Cl2FN2. The number of nitrogens with zero attached hydrogens (tertiary/aromatic N) is 2. The molecule has 1 aromatic heterocycles. The number of halogens is 3. The predicted octanol–water partition coefficient (Wildman–Crippen LogP) is 3.99. The number of rotatable bonds is 2. The molecule has 0 saturated heterocycles. The third-order valence-electron chi connectivity index (χ3n) is 2.67. The minimum Gasteiger partial charge on any atom is -0.328 e. The summed E-state index contributed by atoms with van der Waals surface area (Å²) in [5.74, 6) is 0.412. The van der Waals surface area contributed by atoms with Gasteiger partial charge in [-0.2, -0.15) is 0 Å². The molecule has 17 heavy (non-hydrogen) atoms. The maximum atomic E-state index is 13.4. The van der Waals surface area contributed by atoms with Crippen molar-refractivity contribution >= 4 is 23.2 Å². The van der Waals surface area contributed by atoms with Crippen molar-refractivity contribution < 1.29 is 4.39 Å². The van der Waals surface area contributed by atoms with Crippen molar-refractivity contribution in [3.8, 4) is 0 Å². The summed E-state index contributed by atoms with van der Waals surface area (Å²) in [5, 5.41) is 0.502. The van der Waals surface area contributed by atoms with E-state index < -0.39 is 5.82 Å². The predicted molar refractivity (Wildman–Crippen MR) is 67.2 cm³/mol. The highest BCUT2D eigenvalue weighted by Crippen LogP contribution is 2.25. The van der Waals surface area contributed by atoms with Gasteiger partial charge in [-0.1, -0.05) is 23.2 Å². The summed E-state index contributed by atoms with van der Waals surface area (Å²) in [7, 11) is 0. The van der Waals surface area contributed by atoms with Crippen molar-refractivity contribution in [3.63, 3.8) is 0 Å². The van der Waals surface area contributed by atoms with E-state index in [2.05, 4.69) is 4.98 Å². The Morgan fingerprint density at radius 1 is 1.24 bits per heavy atom. The normalized spacial score (nSPS) is 10.9. The standard InChI is InChI=1S/C12H11Cl2FN2/c1-7-5-16-8(2)17(7)6-9-3-12(15)11(14)4-10(9)13/h3-5H,6H2,1-2H3. The van der Waals surface area contributed by atoms with Crippen molar-refractivity contribution in [2.75, 3.05) is 0 Å². The van der Waals surface area contributed by atoms with Crippen LogP contribution in [0, 0.1) is 19.7 Å². The van der Waals surface area contributed by atoms with Gasteiger partial charge in [-0.15, -0.1) is 0 Å². The van der Waals surface area contributed by atoms with Gasteiger partial charge in [-0.25, -0.2) is 9.37 Å². The first-order valence-electron chi connectivity index (χ1n) is 5.11. The van der Waals surface area contributed by atoms with Crippen LogP contribution in [0.2, 0.25) is 10.0 Å². The number of imidazole rings is 1. The highest BCUT2D eigenvalue weighted by Gasteiger charge is 2.10. The molecule has 0 unspecified atom stereocenters. The van der Waals surface area contributed by atoms with E-state index in [1.807, 2.05) is 18.4 Å². The summed E-state index contributed by atoms with van der Waals surface area (Å²) >= 11 is 11.7. The number of aromatic nitrogens is 2. The molecule has 1 aromatic carbocycles. The molecule has 0 amide bonds. The van der Waals surface area contributed by atoms with E-state index in [1.54, 1.807) is 6.20 Å². The Labute approximate surface area is 109 Å². The van der Waals surface area contributed by atoms with E-state index in [-0.39, 0.29) is 5.02 Å². The summed E-state index contributed by atoms with van der Waals surface area (Å²) < 4.78 is 15.3. The minimum absolute atomic E-state index is 0.0397. The molecule has 0 aliphatic carbocycles. The van der Waals surface area contributed by atoms with Gasteiger partial charge in [0.2, 0.25) is 0 Å². The molecule has 5 heteroatoms. The summed E-state index contributed by atoms with van der Waals surface area (Å²) in [6.45, 7) is 4.33. The van der Waals surface area contributed by atoms with E-state index in [0.29, 0.717) is 17.1 Å². The zero-order chi connectivity index (χ0) is 12.6. The van der Waals surface area contributed by atoms with Crippen molar-refractivity contribution in [1.29, 1.82) is 0 Å². The van der Waals surface area contributed by atoms with Crippen molar-refractivity contribution in [3.05, 3.63) is 51.3 Å². The number of aryl methyl sites for hydroxylation is 2.